The Kier molecular flexibility index (Phi) is 9.04. The highest BCUT2D eigenvalue weighted by Gasteiger charge is 2.49. The van der Waals surface area contributed by atoms with Crippen LogP contribution in [0.3, 0.4) is 0 Å². The molecule has 26 heavy (non-hydrogen) atoms. The molecule has 1 heterocycles. The van der Waals surface area contributed by atoms with Crippen LogP contribution >= 0.6 is 0 Å². The molecule has 1 rings (SSSR count). The summed E-state index contributed by atoms with van der Waals surface area (Å²) in [5.74, 6) is -2.28. The maximum Gasteiger partial charge on any atom is 0.307 e. The van der Waals surface area contributed by atoms with Crippen molar-refractivity contribution in [1.29, 1.82) is 0 Å². The normalized spacial score (nSPS) is 25.1. The molecule has 9 heteroatoms. The molecule has 0 aromatic heterocycles. The lowest BCUT2D eigenvalue weighted by atomic mass is 10.0. The Hall–Kier alpha value is -2.16. The van der Waals surface area contributed by atoms with Gasteiger partial charge in [0.05, 0.1) is 6.61 Å². The number of carbonyl (C=O) groups is 4. The van der Waals surface area contributed by atoms with E-state index >= 15 is 0 Å². The third-order valence-electron chi connectivity index (χ3n) is 3.60. The second-order valence-electron chi connectivity index (χ2n) is 5.54. The van der Waals surface area contributed by atoms with Crippen LogP contribution in [0.5, 0.6) is 0 Å². The lowest BCUT2D eigenvalue weighted by Gasteiger charge is -2.40. The zero-order chi connectivity index (χ0) is 19.7. The fourth-order valence-electron chi connectivity index (χ4n) is 2.15. The number of hydrogen-bond donors (Lipinski definition) is 0. The van der Waals surface area contributed by atoms with Crippen molar-refractivity contribution in [2.45, 2.75) is 78.0 Å². The van der Waals surface area contributed by atoms with Gasteiger partial charge in [-0.1, -0.05) is 27.7 Å². The van der Waals surface area contributed by atoms with Crippen molar-refractivity contribution in [2.75, 3.05) is 6.61 Å². The number of esters is 4. The van der Waals surface area contributed by atoms with Gasteiger partial charge >= 0.3 is 23.9 Å². The minimum Gasteiger partial charge on any atom is -0.456 e. The molecule has 0 aromatic carbocycles. The first kappa shape index (κ1) is 21.9. The van der Waals surface area contributed by atoms with E-state index in [2.05, 4.69) is 0 Å². The molecular formula is C17H26O9. The summed E-state index contributed by atoms with van der Waals surface area (Å²) in [6.07, 6.45) is -4.30. The van der Waals surface area contributed by atoms with Crippen LogP contribution in [0.1, 0.15) is 53.4 Å². The van der Waals surface area contributed by atoms with Gasteiger partial charge in [0.15, 0.2) is 12.2 Å². The topological polar surface area (TPSA) is 114 Å². The van der Waals surface area contributed by atoms with E-state index in [1.54, 1.807) is 27.7 Å². The molecule has 1 fully saturated rings. The molecule has 0 bridgehead atoms. The highest BCUT2D eigenvalue weighted by molar-refractivity contribution is 5.71. The Morgan fingerprint density at radius 2 is 1.12 bits per heavy atom. The smallest absolute Gasteiger partial charge is 0.307 e. The monoisotopic (exact) mass is 374 g/mol. The third kappa shape index (κ3) is 6.29. The van der Waals surface area contributed by atoms with E-state index in [0.717, 1.165) is 0 Å². The lowest BCUT2D eigenvalue weighted by molar-refractivity contribution is -0.275. The van der Waals surface area contributed by atoms with Crippen LogP contribution in [0.2, 0.25) is 0 Å². The molecule has 0 N–H and O–H groups in total. The largest absolute Gasteiger partial charge is 0.456 e. The summed E-state index contributed by atoms with van der Waals surface area (Å²) in [5, 5.41) is 0. The fourth-order valence-corrected chi connectivity index (χ4v) is 2.15. The van der Waals surface area contributed by atoms with Crippen LogP contribution in [-0.2, 0) is 42.9 Å². The van der Waals surface area contributed by atoms with E-state index in [9.17, 15) is 19.2 Å². The van der Waals surface area contributed by atoms with Crippen molar-refractivity contribution in [3.63, 3.8) is 0 Å². The Balaban J connectivity index is 3.10. The molecule has 0 saturated carbocycles. The number of hydrogen-bond acceptors (Lipinski definition) is 9. The average molecular weight is 374 g/mol. The van der Waals surface area contributed by atoms with E-state index < -0.39 is 48.5 Å². The number of rotatable bonds is 8. The minimum atomic E-state index is -1.26. The molecule has 148 valence electrons. The summed E-state index contributed by atoms with van der Waals surface area (Å²) in [7, 11) is 0. The van der Waals surface area contributed by atoms with Crippen LogP contribution in [-0.4, -0.2) is 55.1 Å². The van der Waals surface area contributed by atoms with E-state index in [0.29, 0.717) is 0 Å². The Morgan fingerprint density at radius 3 is 1.62 bits per heavy atom. The molecule has 0 radical (unpaired) electrons. The van der Waals surface area contributed by atoms with Crippen molar-refractivity contribution >= 4 is 23.9 Å². The molecule has 0 spiro atoms. The maximum atomic E-state index is 11.8. The summed E-state index contributed by atoms with van der Waals surface area (Å²) in [6.45, 7) is 6.21. The van der Waals surface area contributed by atoms with Gasteiger partial charge in [-0.25, -0.2) is 0 Å². The van der Waals surface area contributed by atoms with Gasteiger partial charge in [-0.3, -0.25) is 19.2 Å². The van der Waals surface area contributed by atoms with Gasteiger partial charge in [-0.05, 0) is 0 Å². The molecule has 1 aliphatic rings. The van der Waals surface area contributed by atoms with Crippen molar-refractivity contribution in [1.82, 2.24) is 0 Å². The number of carbonyl (C=O) groups excluding carboxylic acids is 4. The van der Waals surface area contributed by atoms with Crippen molar-refractivity contribution in [3.05, 3.63) is 0 Å². The first-order valence-corrected chi connectivity index (χ1v) is 8.75. The van der Waals surface area contributed by atoms with Gasteiger partial charge in [-0.2, -0.15) is 0 Å². The quantitative estimate of drug-likeness (QED) is 0.457. The Bertz CT molecular complexity index is 470. The van der Waals surface area contributed by atoms with E-state index in [4.69, 9.17) is 23.7 Å². The summed E-state index contributed by atoms with van der Waals surface area (Å²) in [6, 6.07) is 0. The molecule has 0 amide bonds. The van der Waals surface area contributed by atoms with E-state index in [-0.39, 0.29) is 32.3 Å². The van der Waals surface area contributed by atoms with Crippen LogP contribution in [0.15, 0.2) is 0 Å². The molecule has 4 atom stereocenters. The maximum absolute atomic E-state index is 11.8. The van der Waals surface area contributed by atoms with Crippen LogP contribution in [0.4, 0.5) is 0 Å². The van der Waals surface area contributed by atoms with Gasteiger partial charge in [0.1, 0.15) is 0 Å². The molecule has 9 nitrogen and oxygen atoms in total. The van der Waals surface area contributed by atoms with Gasteiger partial charge in [0, 0.05) is 25.7 Å². The molecule has 0 aromatic rings. The highest BCUT2D eigenvalue weighted by atomic mass is 16.7. The van der Waals surface area contributed by atoms with Gasteiger partial charge in [0.2, 0.25) is 12.4 Å². The zero-order valence-corrected chi connectivity index (χ0v) is 15.5. The third-order valence-corrected chi connectivity index (χ3v) is 3.60. The first-order valence-electron chi connectivity index (χ1n) is 8.75. The predicted molar refractivity (Wildman–Crippen MR) is 86.6 cm³/mol. The minimum absolute atomic E-state index is 0.0544. The van der Waals surface area contributed by atoms with E-state index in [1.165, 1.54) is 0 Å². The zero-order valence-electron chi connectivity index (χ0n) is 15.5. The summed E-state index contributed by atoms with van der Waals surface area (Å²) in [5.41, 5.74) is 0. The second kappa shape index (κ2) is 10.7. The summed E-state index contributed by atoms with van der Waals surface area (Å²) >= 11 is 0. The summed E-state index contributed by atoms with van der Waals surface area (Å²) < 4.78 is 26.5. The highest BCUT2D eigenvalue weighted by Crippen LogP contribution is 2.26. The Morgan fingerprint density at radius 1 is 0.692 bits per heavy atom. The van der Waals surface area contributed by atoms with Gasteiger partial charge in [0.25, 0.3) is 0 Å². The van der Waals surface area contributed by atoms with Crippen molar-refractivity contribution in [2.24, 2.45) is 0 Å². The lowest BCUT2D eigenvalue weighted by Crippen LogP contribution is -2.58. The standard InChI is InChI=1S/C17H26O9/c1-5-11(18)23-10-9-22-17(26-14(21)8-4)16(25-13(20)7-3)15(10)24-12(19)6-2/h10,15-17H,5-9H2,1-4H3/t10-,15+,16-,17?/m1/s1. The SMILES string of the molecule is CCC(=O)OC1OC[C@@H](OC(=O)CC)[C@H](OC(=O)CC)[C@H]1OC(=O)CC. The average Bonchev–Trinajstić information content (AvgIpc) is 2.65. The second-order valence-corrected chi connectivity index (χ2v) is 5.54. The molecule has 0 aliphatic carbocycles. The molecular weight excluding hydrogens is 348 g/mol. The number of ether oxygens (including phenoxy) is 5. The van der Waals surface area contributed by atoms with Crippen LogP contribution in [0, 0.1) is 0 Å². The Labute approximate surface area is 152 Å². The van der Waals surface area contributed by atoms with Crippen molar-refractivity contribution in [3.8, 4) is 0 Å². The predicted octanol–water partition coefficient (Wildman–Crippen LogP) is 1.26. The van der Waals surface area contributed by atoms with Crippen LogP contribution in [0.25, 0.3) is 0 Å². The summed E-state index contributed by atoms with van der Waals surface area (Å²) in [4.78, 5) is 46.9. The van der Waals surface area contributed by atoms with Crippen LogP contribution < -0.4 is 0 Å². The van der Waals surface area contributed by atoms with Gasteiger partial charge in [-0.15, -0.1) is 0 Å². The molecule has 1 unspecified atom stereocenters. The first-order chi connectivity index (χ1) is 12.4. The van der Waals surface area contributed by atoms with Crippen molar-refractivity contribution < 1.29 is 42.9 Å². The fraction of sp³-hybridized carbons (Fsp3) is 0.765. The van der Waals surface area contributed by atoms with E-state index in [1.807, 2.05) is 0 Å². The molecule has 1 aliphatic heterocycles. The molecule has 1 saturated heterocycles. The van der Waals surface area contributed by atoms with Gasteiger partial charge < -0.3 is 23.7 Å².